The number of rotatable bonds is 4. The van der Waals surface area contributed by atoms with Crippen LogP contribution in [0.1, 0.15) is 33.6 Å². The molecule has 0 spiro atoms. The summed E-state index contributed by atoms with van der Waals surface area (Å²) in [5.41, 5.74) is 2.67. The molecule has 4 N–H and O–H groups in total. The molecule has 2 aromatic heterocycles. The molecule has 0 unspecified atom stereocenters. The monoisotopic (exact) mass is 770 g/mol. The van der Waals surface area contributed by atoms with E-state index in [9.17, 15) is 10.2 Å². The Balaban J connectivity index is -0.000000424. The summed E-state index contributed by atoms with van der Waals surface area (Å²) in [6.07, 6.45) is 3.31. The number of pyridine rings is 2. The summed E-state index contributed by atoms with van der Waals surface area (Å²) >= 11 is 0.230. The van der Waals surface area contributed by atoms with Crippen LogP contribution < -0.4 is 67.3 Å². The molecule has 0 fully saturated rings. The number of nitrogens with zero attached hydrogens (tertiary/aromatic N) is 2. The number of hydrogen-bond acceptors (Lipinski definition) is 6. The quantitative estimate of drug-likeness (QED) is 0.139. The summed E-state index contributed by atoms with van der Waals surface area (Å²) in [5.74, 6) is -0.395. The Morgan fingerprint density at radius 1 is 0.710 bits per heavy atom. The molecular weight excluding hydrogens is 737 g/mol. The van der Waals surface area contributed by atoms with Gasteiger partial charge in [-0.3, -0.25) is 0 Å². The van der Waals surface area contributed by atoms with Gasteiger partial charge in [0.15, 0.2) is 23.8 Å². The maximum Gasteiger partial charge on any atom is -1.00 e. The summed E-state index contributed by atoms with van der Waals surface area (Å²) in [6.45, 7) is 2.27. The molecular formula is C20H32I2N2O6Sn. The fourth-order valence-electron chi connectivity index (χ4n) is 2.48. The number of hydrogen-bond donors (Lipinski definition) is 4. The van der Waals surface area contributed by atoms with Crippen LogP contribution in [0.4, 0.5) is 0 Å². The fourth-order valence-corrected chi connectivity index (χ4v) is 2.48. The van der Waals surface area contributed by atoms with Crippen molar-refractivity contribution in [2.45, 2.75) is 50.2 Å². The average molecular weight is 769 g/mol. The third-order valence-corrected chi connectivity index (χ3v) is 4.39. The first-order chi connectivity index (χ1) is 13.6. The van der Waals surface area contributed by atoms with Gasteiger partial charge in [-0.1, -0.05) is 0 Å². The topological polar surface area (TPSA) is 135 Å². The van der Waals surface area contributed by atoms with E-state index in [0.29, 0.717) is 22.5 Å². The van der Waals surface area contributed by atoms with Gasteiger partial charge in [0.05, 0.1) is 26.4 Å². The minimum Gasteiger partial charge on any atom is -1.00 e. The zero-order valence-electron chi connectivity index (χ0n) is 18.7. The van der Waals surface area contributed by atoms with Crippen LogP contribution in [0.2, 0.25) is 9.88 Å². The zero-order chi connectivity index (χ0) is 22.7. The summed E-state index contributed by atoms with van der Waals surface area (Å²) < 4.78 is 3.29. The van der Waals surface area contributed by atoms with Crippen molar-refractivity contribution in [2.24, 2.45) is 14.1 Å². The van der Waals surface area contributed by atoms with Crippen molar-refractivity contribution in [3.8, 4) is 11.5 Å². The van der Waals surface area contributed by atoms with Crippen molar-refractivity contribution in [1.29, 1.82) is 0 Å². The SMILES string of the molecule is Cc1c([O-])c(CO)c(CO)c[n+]1C.Cc1c([O-])c(CO)c(CO)c[n+]1C.[CH3][Sn+2][CH3].[I-].[I-]. The predicted octanol–water partition coefficient (Wildman–Crippen LogP) is -7.45. The number of aryl methyl sites for hydroxylation is 2. The van der Waals surface area contributed by atoms with Crippen LogP contribution in [0.3, 0.4) is 0 Å². The van der Waals surface area contributed by atoms with Crippen molar-refractivity contribution in [1.82, 2.24) is 0 Å². The first-order valence-corrected chi connectivity index (χ1v) is 14.7. The Morgan fingerprint density at radius 3 is 1.16 bits per heavy atom. The van der Waals surface area contributed by atoms with Gasteiger partial charge in [-0.15, -0.1) is 0 Å². The van der Waals surface area contributed by atoms with Crippen LogP contribution >= 0.6 is 0 Å². The molecule has 0 bridgehead atoms. The first-order valence-electron chi connectivity index (χ1n) is 9.02. The van der Waals surface area contributed by atoms with Gasteiger partial charge in [0, 0.05) is 25.0 Å². The Hall–Kier alpha value is -0.00130. The van der Waals surface area contributed by atoms with Gasteiger partial charge < -0.3 is 78.6 Å². The van der Waals surface area contributed by atoms with Crippen LogP contribution in [0.15, 0.2) is 12.4 Å². The Morgan fingerprint density at radius 2 is 0.968 bits per heavy atom. The van der Waals surface area contributed by atoms with Gasteiger partial charge in [0.1, 0.15) is 14.1 Å². The Kier molecular flexibility index (Phi) is 21.2. The van der Waals surface area contributed by atoms with Crippen LogP contribution in [0, 0.1) is 13.8 Å². The van der Waals surface area contributed by atoms with Crippen molar-refractivity contribution in [3.63, 3.8) is 0 Å². The minimum atomic E-state index is -0.323. The molecule has 2 heterocycles. The molecule has 0 atom stereocenters. The molecule has 0 saturated carbocycles. The molecule has 0 aliphatic heterocycles. The van der Waals surface area contributed by atoms with E-state index in [4.69, 9.17) is 20.4 Å². The van der Waals surface area contributed by atoms with Crippen molar-refractivity contribution < 1.29 is 87.7 Å². The van der Waals surface area contributed by atoms with Gasteiger partial charge in [-0.05, 0) is 22.6 Å². The van der Waals surface area contributed by atoms with Crippen LogP contribution in [-0.4, -0.2) is 41.6 Å². The van der Waals surface area contributed by atoms with Crippen LogP contribution in [0.5, 0.6) is 11.5 Å². The molecule has 0 amide bonds. The van der Waals surface area contributed by atoms with E-state index in [1.54, 1.807) is 49.5 Å². The molecule has 0 radical (unpaired) electrons. The smallest absolute Gasteiger partial charge is 1.00 e. The summed E-state index contributed by atoms with van der Waals surface area (Å²) in [7, 11) is 3.47. The minimum absolute atomic E-state index is 0. The molecule has 0 aliphatic rings. The normalized spacial score (nSPS) is 9.10. The molecule has 8 nitrogen and oxygen atoms in total. The third-order valence-electron chi connectivity index (χ3n) is 4.39. The van der Waals surface area contributed by atoms with Gasteiger partial charge in [-0.2, -0.15) is 0 Å². The van der Waals surface area contributed by atoms with Gasteiger partial charge in [-0.25, -0.2) is 9.13 Å². The van der Waals surface area contributed by atoms with Gasteiger partial charge in [0.25, 0.3) is 0 Å². The molecule has 176 valence electrons. The first kappa shape index (κ1) is 35.6. The van der Waals surface area contributed by atoms with Gasteiger partial charge in [0.2, 0.25) is 0 Å². The molecule has 2 rings (SSSR count). The standard InChI is InChI=1S/2C9H13NO3.2CH3.2HI.Sn/c2*1-6-9(13)8(5-12)7(4-11)3-10(6)2;;;;;/h2*3,11-12H,4-5H2,1-2H3;2*1H3;2*1H;/q;;;;;;+2/p-2. The number of halogens is 2. The second kappa shape index (κ2) is 18.4. The Labute approximate surface area is 228 Å². The maximum absolute atomic E-state index is 11.5. The molecule has 0 aliphatic carbocycles. The average Bonchev–Trinajstić information content (AvgIpc) is 2.70. The number of aliphatic hydroxyl groups excluding tert-OH is 4. The van der Waals surface area contributed by atoms with E-state index >= 15 is 0 Å². The summed E-state index contributed by atoms with van der Waals surface area (Å²) in [4.78, 5) is 4.59. The van der Waals surface area contributed by atoms with E-state index in [1.165, 1.54) is 0 Å². The molecule has 11 heteroatoms. The van der Waals surface area contributed by atoms with Crippen molar-refractivity contribution in [2.75, 3.05) is 0 Å². The molecule has 2 aromatic rings. The summed E-state index contributed by atoms with van der Waals surface area (Å²) in [6, 6.07) is 0. The van der Waals surface area contributed by atoms with Crippen LogP contribution in [-0.2, 0) is 40.5 Å². The zero-order valence-corrected chi connectivity index (χ0v) is 25.9. The second-order valence-corrected chi connectivity index (χ2v) is 9.30. The molecule has 0 aromatic carbocycles. The Bertz CT molecular complexity index is 745. The van der Waals surface area contributed by atoms with Crippen molar-refractivity contribution >= 4 is 21.1 Å². The summed E-state index contributed by atoms with van der Waals surface area (Å²) in [5, 5.41) is 58.7. The van der Waals surface area contributed by atoms with E-state index in [-0.39, 0.29) is 118 Å². The van der Waals surface area contributed by atoms with E-state index in [1.807, 2.05) is 0 Å². The molecule has 0 saturated heterocycles. The van der Waals surface area contributed by atoms with E-state index in [0.717, 1.165) is 0 Å². The largest absolute Gasteiger partial charge is 1.00 e. The second-order valence-electron chi connectivity index (χ2n) is 6.45. The fraction of sp³-hybridized carbons (Fsp3) is 0.500. The van der Waals surface area contributed by atoms with Crippen LogP contribution in [0.25, 0.3) is 0 Å². The van der Waals surface area contributed by atoms with Gasteiger partial charge >= 0.3 is 31.0 Å². The third kappa shape index (κ3) is 10.2. The number of aromatic nitrogens is 2. The van der Waals surface area contributed by atoms with E-state index < -0.39 is 0 Å². The van der Waals surface area contributed by atoms with E-state index in [2.05, 4.69) is 9.88 Å². The van der Waals surface area contributed by atoms with Crippen molar-refractivity contribution in [3.05, 3.63) is 46.0 Å². The number of aliphatic hydroxyl groups is 4. The predicted molar refractivity (Wildman–Crippen MR) is 105 cm³/mol. The maximum atomic E-state index is 11.5. The molecule has 31 heavy (non-hydrogen) atoms.